The highest BCUT2D eigenvalue weighted by atomic mass is 16.3. The van der Waals surface area contributed by atoms with Gasteiger partial charge in [-0.15, -0.1) is 0 Å². The fourth-order valence-electron chi connectivity index (χ4n) is 3.17. The second kappa shape index (κ2) is 8.79. The van der Waals surface area contributed by atoms with Crippen LogP contribution in [0.5, 0.6) is 5.88 Å². The molecule has 0 bridgehead atoms. The first-order chi connectivity index (χ1) is 13.1. The van der Waals surface area contributed by atoms with Crippen molar-refractivity contribution in [3.05, 3.63) is 62.3 Å². The Morgan fingerprint density at radius 2 is 1.89 bits per heavy atom. The number of aromatic nitrogens is 2. The van der Waals surface area contributed by atoms with Gasteiger partial charge >= 0.3 is 5.69 Å². The van der Waals surface area contributed by atoms with E-state index < -0.39 is 11.2 Å². The highest BCUT2D eigenvalue weighted by molar-refractivity contribution is 6.00. The van der Waals surface area contributed by atoms with E-state index >= 15 is 0 Å². The molecule has 0 spiro atoms. The lowest BCUT2D eigenvalue weighted by atomic mass is 10.2. The number of aromatic amines is 1. The Labute approximate surface area is 157 Å². The topological polar surface area (TPSA) is 103 Å². The van der Waals surface area contributed by atoms with Crippen LogP contribution in [0.1, 0.15) is 18.1 Å². The van der Waals surface area contributed by atoms with Crippen molar-refractivity contribution >= 4 is 5.71 Å². The quantitative estimate of drug-likeness (QED) is 0.621. The molecule has 1 fully saturated rings. The van der Waals surface area contributed by atoms with Crippen LogP contribution < -0.4 is 16.6 Å². The normalized spacial score (nSPS) is 15.8. The number of hydrogen-bond donors (Lipinski definition) is 3. The van der Waals surface area contributed by atoms with E-state index in [0.717, 1.165) is 42.9 Å². The van der Waals surface area contributed by atoms with Gasteiger partial charge in [-0.1, -0.05) is 30.3 Å². The van der Waals surface area contributed by atoms with Crippen molar-refractivity contribution < 1.29 is 5.11 Å². The molecule has 1 saturated heterocycles. The molecule has 3 rings (SSSR count). The predicted octanol–water partition coefficient (Wildman–Crippen LogP) is 0.00470. The Balaban J connectivity index is 1.81. The van der Waals surface area contributed by atoms with Crippen LogP contribution in [0.15, 0.2) is 44.9 Å². The molecule has 0 saturated carbocycles. The van der Waals surface area contributed by atoms with Crippen molar-refractivity contribution in [2.45, 2.75) is 13.5 Å². The smallest absolute Gasteiger partial charge is 0.331 e. The minimum absolute atomic E-state index is 0.0471. The molecule has 2 heterocycles. The highest BCUT2D eigenvalue weighted by Gasteiger charge is 2.17. The minimum atomic E-state index is -0.640. The zero-order valence-corrected chi connectivity index (χ0v) is 15.4. The number of hydrogen-bond acceptors (Lipinski definition) is 6. The fourth-order valence-corrected chi connectivity index (χ4v) is 3.17. The first kappa shape index (κ1) is 19.1. The van der Waals surface area contributed by atoms with E-state index in [1.165, 1.54) is 0 Å². The van der Waals surface area contributed by atoms with Crippen molar-refractivity contribution in [1.82, 2.24) is 19.8 Å². The maximum atomic E-state index is 12.2. The lowest BCUT2D eigenvalue weighted by Crippen LogP contribution is -2.44. The molecule has 8 heteroatoms. The van der Waals surface area contributed by atoms with Crippen LogP contribution in [0.4, 0.5) is 0 Å². The molecule has 0 amide bonds. The Hall–Kier alpha value is -2.71. The lowest BCUT2D eigenvalue weighted by molar-refractivity contribution is 0.247. The zero-order chi connectivity index (χ0) is 19.2. The van der Waals surface area contributed by atoms with Gasteiger partial charge < -0.3 is 10.4 Å². The summed E-state index contributed by atoms with van der Waals surface area (Å²) in [4.78, 5) is 33.4. The number of H-pyrrole nitrogens is 1. The van der Waals surface area contributed by atoms with Gasteiger partial charge in [-0.25, -0.2) is 4.79 Å². The molecule has 1 aromatic heterocycles. The summed E-state index contributed by atoms with van der Waals surface area (Å²) in [5, 5.41) is 13.9. The van der Waals surface area contributed by atoms with Crippen LogP contribution in [-0.2, 0) is 6.54 Å². The maximum absolute atomic E-state index is 12.2. The van der Waals surface area contributed by atoms with Crippen molar-refractivity contribution in [1.29, 1.82) is 0 Å². The molecule has 0 unspecified atom stereocenters. The average molecular weight is 371 g/mol. The van der Waals surface area contributed by atoms with Crippen LogP contribution >= 0.6 is 0 Å². The van der Waals surface area contributed by atoms with Crippen LogP contribution in [-0.4, -0.2) is 64.5 Å². The number of aromatic hydroxyl groups is 1. The summed E-state index contributed by atoms with van der Waals surface area (Å²) in [6.45, 7) is 7.05. The summed E-state index contributed by atoms with van der Waals surface area (Å²) in [6.07, 6.45) is 0. The molecule has 1 aliphatic rings. The summed E-state index contributed by atoms with van der Waals surface area (Å²) in [5.74, 6) is -0.351. The zero-order valence-electron chi connectivity index (χ0n) is 15.4. The molecule has 0 radical (unpaired) electrons. The average Bonchev–Trinajstić information content (AvgIpc) is 2.67. The van der Waals surface area contributed by atoms with Crippen molar-refractivity contribution in [2.75, 3.05) is 39.3 Å². The summed E-state index contributed by atoms with van der Waals surface area (Å²) >= 11 is 0. The highest BCUT2D eigenvalue weighted by Crippen LogP contribution is 2.13. The van der Waals surface area contributed by atoms with E-state index in [1.54, 1.807) is 6.92 Å². The Morgan fingerprint density at radius 1 is 1.19 bits per heavy atom. The number of rotatable bonds is 6. The standard InChI is InChI=1S/C19H25N5O3/c1-14(21-9-12-23-10-7-20-8-11-23)16-17(25)22-19(27)24(18(16)26)13-15-5-3-2-4-6-15/h2-6,20,26H,7-13H2,1H3,(H,22,25,27). The van der Waals surface area contributed by atoms with Crippen molar-refractivity contribution in [2.24, 2.45) is 4.99 Å². The number of piperazine rings is 1. The van der Waals surface area contributed by atoms with Crippen LogP contribution in [0.2, 0.25) is 0 Å². The third kappa shape index (κ3) is 4.72. The Kier molecular flexibility index (Phi) is 6.20. The van der Waals surface area contributed by atoms with E-state index in [4.69, 9.17) is 0 Å². The van der Waals surface area contributed by atoms with Gasteiger partial charge in [-0.05, 0) is 12.5 Å². The van der Waals surface area contributed by atoms with Crippen molar-refractivity contribution in [3.63, 3.8) is 0 Å². The molecule has 0 aliphatic carbocycles. The van der Waals surface area contributed by atoms with Gasteiger partial charge in [-0.2, -0.15) is 0 Å². The van der Waals surface area contributed by atoms with E-state index in [1.807, 2.05) is 30.3 Å². The first-order valence-corrected chi connectivity index (χ1v) is 9.11. The lowest BCUT2D eigenvalue weighted by Gasteiger charge is -2.26. The monoisotopic (exact) mass is 371 g/mol. The molecule has 1 aromatic carbocycles. The molecule has 3 N–H and O–H groups in total. The molecule has 8 nitrogen and oxygen atoms in total. The SMILES string of the molecule is CC(=NCCN1CCNCC1)c1c(O)n(Cc2ccccc2)c(=O)[nH]c1=O. The maximum Gasteiger partial charge on any atom is 0.331 e. The number of benzene rings is 1. The van der Waals surface area contributed by atoms with Gasteiger partial charge in [0, 0.05) is 38.4 Å². The number of aliphatic imine (C=N–C) groups is 1. The molecule has 2 aromatic rings. The minimum Gasteiger partial charge on any atom is -0.494 e. The summed E-state index contributed by atoms with van der Waals surface area (Å²) in [5.41, 5.74) is 0.0571. The van der Waals surface area contributed by atoms with Crippen LogP contribution in [0, 0.1) is 0 Å². The van der Waals surface area contributed by atoms with Crippen LogP contribution in [0.3, 0.4) is 0 Å². The van der Waals surface area contributed by atoms with Gasteiger partial charge in [0.05, 0.1) is 13.1 Å². The Bertz CT molecular complexity index is 911. The van der Waals surface area contributed by atoms with E-state index in [9.17, 15) is 14.7 Å². The van der Waals surface area contributed by atoms with Gasteiger partial charge in [0.25, 0.3) is 5.56 Å². The molecular weight excluding hydrogens is 346 g/mol. The van der Waals surface area contributed by atoms with Gasteiger partial charge in [0.15, 0.2) is 0 Å². The molecule has 0 atom stereocenters. The summed E-state index contributed by atoms with van der Waals surface area (Å²) < 4.78 is 1.15. The number of nitrogens with zero attached hydrogens (tertiary/aromatic N) is 3. The van der Waals surface area contributed by atoms with Gasteiger partial charge in [0.2, 0.25) is 5.88 Å². The van der Waals surface area contributed by atoms with Gasteiger partial charge in [0.1, 0.15) is 5.56 Å². The molecule has 144 valence electrons. The summed E-state index contributed by atoms with van der Waals surface area (Å²) in [6, 6.07) is 9.29. The third-order valence-corrected chi connectivity index (χ3v) is 4.69. The van der Waals surface area contributed by atoms with E-state index in [0.29, 0.717) is 12.3 Å². The van der Waals surface area contributed by atoms with Gasteiger partial charge in [-0.3, -0.25) is 24.2 Å². The molecule has 1 aliphatic heterocycles. The second-order valence-electron chi connectivity index (χ2n) is 6.59. The molecule has 27 heavy (non-hydrogen) atoms. The van der Waals surface area contributed by atoms with E-state index in [2.05, 4.69) is 20.2 Å². The predicted molar refractivity (Wildman–Crippen MR) is 105 cm³/mol. The number of nitrogens with one attached hydrogen (secondary N) is 2. The van der Waals surface area contributed by atoms with E-state index in [-0.39, 0.29) is 18.0 Å². The van der Waals surface area contributed by atoms with Crippen molar-refractivity contribution in [3.8, 4) is 5.88 Å². The third-order valence-electron chi connectivity index (χ3n) is 4.69. The second-order valence-corrected chi connectivity index (χ2v) is 6.59. The molecular formula is C19H25N5O3. The largest absolute Gasteiger partial charge is 0.494 e. The summed E-state index contributed by atoms with van der Waals surface area (Å²) in [7, 11) is 0. The first-order valence-electron chi connectivity index (χ1n) is 9.11. The Morgan fingerprint density at radius 3 is 2.59 bits per heavy atom. The van der Waals surface area contributed by atoms with Crippen LogP contribution in [0.25, 0.3) is 0 Å². The fraction of sp³-hybridized carbons (Fsp3) is 0.421.